The fourth-order valence-electron chi connectivity index (χ4n) is 11.1. The van der Waals surface area contributed by atoms with Crippen molar-refractivity contribution in [2.45, 2.75) is 76.7 Å². The molecular weight excluding hydrogens is 725 g/mol. The van der Waals surface area contributed by atoms with Crippen LogP contribution >= 0.6 is 0 Å². The van der Waals surface area contributed by atoms with E-state index in [1.807, 2.05) is 36.7 Å². The van der Waals surface area contributed by atoms with E-state index in [4.69, 9.17) is 39.1 Å². The Kier molecular flexibility index (Phi) is 10.0. The van der Waals surface area contributed by atoms with Gasteiger partial charge in [0.2, 0.25) is 11.8 Å². The number of benzene rings is 3. The molecule has 6 aromatic rings. The van der Waals surface area contributed by atoms with E-state index in [0.717, 1.165) is 94.2 Å². The molecule has 0 spiro atoms. The monoisotopic (exact) mass is 778 g/mol. The summed E-state index contributed by atoms with van der Waals surface area (Å²) in [6, 6.07) is 25.1. The van der Waals surface area contributed by atoms with Crippen molar-refractivity contribution < 1.29 is 18.9 Å². The Labute approximate surface area is 340 Å². The lowest BCUT2D eigenvalue weighted by Gasteiger charge is -2.52. The predicted octanol–water partition coefficient (Wildman–Crippen LogP) is 9.22. The van der Waals surface area contributed by atoms with E-state index >= 15 is 0 Å². The lowest BCUT2D eigenvalue weighted by Crippen LogP contribution is -2.56. The van der Waals surface area contributed by atoms with Gasteiger partial charge in [-0.3, -0.25) is 19.8 Å². The number of nitrogens with zero attached hydrogens (tertiary/aromatic N) is 6. The summed E-state index contributed by atoms with van der Waals surface area (Å²) < 4.78 is 26.0. The molecule has 7 unspecified atom stereocenters. The second-order valence-corrected chi connectivity index (χ2v) is 17.0. The minimum Gasteiger partial charge on any atom is -0.497 e. The largest absolute Gasteiger partial charge is 0.497 e. The van der Waals surface area contributed by atoms with E-state index in [9.17, 15) is 0 Å². The second-order valence-electron chi connectivity index (χ2n) is 17.0. The molecule has 0 amide bonds. The van der Waals surface area contributed by atoms with Crippen molar-refractivity contribution in [2.24, 2.45) is 23.7 Å². The smallest absolute Gasteiger partial charge is 0.242 e. The van der Waals surface area contributed by atoms with Crippen molar-refractivity contribution in [3.63, 3.8) is 0 Å². The van der Waals surface area contributed by atoms with Crippen molar-refractivity contribution in [3.8, 4) is 23.3 Å². The third-order valence-corrected chi connectivity index (χ3v) is 14.3. The standard InChI is InChI=1S/C48H54N6O4/c1-5-29-27-53-21-17-31(29)23-43(53)45(35-15-19-49-41-13-11-33(55-3)25-39(35)41)57-47-37-9-7-8-10-38(37)48(52-51-47)58-46(44-24-32-18-22-54(44)28-30(32)6-2)36-16-20-50-42-14-12-34(56-4)26-40(36)42/h7-16,19-20,25-26,29-32,43-46H,5-6,17-18,21-24,27-28H2,1-4H3/t29?,30?,31?,32?,43-,44?,45-,46-/m0/s1. The molecule has 58 heavy (non-hydrogen) atoms. The summed E-state index contributed by atoms with van der Waals surface area (Å²) >= 11 is 0. The minimum atomic E-state index is -0.300. The van der Waals surface area contributed by atoms with E-state index < -0.39 is 0 Å². The van der Waals surface area contributed by atoms with Crippen LogP contribution in [0.1, 0.15) is 75.7 Å². The number of hydrogen-bond acceptors (Lipinski definition) is 10. The van der Waals surface area contributed by atoms with E-state index in [1.165, 1.54) is 25.7 Å². The van der Waals surface area contributed by atoms with Crippen molar-refractivity contribution in [3.05, 3.63) is 96.3 Å². The highest BCUT2D eigenvalue weighted by molar-refractivity contribution is 5.91. The molecule has 6 fully saturated rings. The third kappa shape index (κ3) is 6.58. The van der Waals surface area contributed by atoms with Crippen LogP contribution in [0, 0.1) is 23.7 Å². The van der Waals surface area contributed by atoms with E-state index in [1.54, 1.807) is 14.2 Å². The average molecular weight is 779 g/mol. The summed E-state index contributed by atoms with van der Waals surface area (Å²) in [5, 5.41) is 13.7. The van der Waals surface area contributed by atoms with Gasteiger partial charge >= 0.3 is 0 Å². The summed E-state index contributed by atoms with van der Waals surface area (Å²) in [5.41, 5.74) is 4.01. The fourth-order valence-corrected chi connectivity index (χ4v) is 11.1. The number of rotatable bonds is 12. The lowest BCUT2D eigenvalue weighted by atomic mass is 9.72. The number of aromatic nitrogens is 4. The Morgan fingerprint density at radius 1 is 0.603 bits per heavy atom. The SMILES string of the molecule is CCC1CN2CCC1CC2[C@@H](Oc1nnc(O[C@@H](c2ccnc3ccc(OC)cc23)[C@@H]2CC3CCN2CC3CC)c2ccccc12)c1ccnc2ccc(OC)cc12. The second kappa shape index (κ2) is 15.6. The summed E-state index contributed by atoms with van der Waals surface area (Å²) in [7, 11) is 3.42. The molecular formula is C48H54N6O4. The Balaban J connectivity index is 1.06. The highest BCUT2D eigenvalue weighted by Gasteiger charge is 2.46. The summed E-state index contributed by atoms with van der Waals surface area (Å²) in [6.07, 6.45) is 10.2. The first kappa shape index (κ1) is 37.2. The Bertz CT molecular complexity index is 2280. The molecule has 6 saturated heterocycles. The van der Waals surface area contributed by atoms with Crippen LogP contribution in [0.5, 0.6) is 23.3 Å². The predicted molar refractivity (Wildman–Crippen MR) is 227 cm³/mol. The van der Waals surface area contributed by atoms with Gasteiger partial charge in [0.05, 0.1) is 48.1 Å². The maximum atomic E-state index is 7.30. The molecule has 300 valence electrons. The number of fused-ring (bicyclic) bond motifs is 9. The molecule has 12 rings (SSSR count). The summed E-state index contributed by atoms with van der Waals surface area (Å²) in [4.78, 5) is 14.8. The molecule has 9 heterocycles. The maximum absolute atomic E-state index is 7.30. The van der Waals surface area contributed by atoms with E-state index in [2.05, 4.69) is 72.2 Å². The zero-order chi connectivity index (χ0) is 39.3. The third-order valence-electron chi connectivity index (χ3n) is 14.3. The first-order valence-corrected chi connectivity index (χ1v) is 21.5. The summed E-state index contributed by atoms with van der Waals surface area (Å²) in [5.74, 6) is 5.39. The molecule has 6 aliphatic heterocycles. The van der Waals surface area contributed by atoms with E-state index in [0.29, 0.717) is 35.4 Å². The van der Waals surface area contributed by atoms with Crippen molar-refractivity contribution in [2.75, 3.05) is 40.4 Å². The molecule has 10 heteroatoms. The molecule has 3 aromatic carbocycles. The first-order valence-electron chi connectivity index (χ1n) is 21.5. The Hall–Kier alpha value is -5.06. The van der Waals surface area contributed by atoms with Crippen LogP contribution in [0.4, 0.5) is 0 Å². The molecule has 3 aromatic heterocycles. The lowest BCUT2D eigenvalue weighted by molar-refractivity contribution is -0.0505. The van der Waals surface area contributed by atoms with Gasteiger partial charge in [-0.05, 0) is 123 Å². The topological polar surface area (TPSA) is 95.0 Å². The number of methoxy groups -OCH3 is 2. The molecule has 0 saturated carbocycles. The molecule has 10 atom stereocenters. The van der Waals surface area contributed by atoms with E-state index in [-0.39, 0.29) is 24.3 Å². The number of pyridine rings is 2. The van der Waals surface area contributed by atoms with Gasteiger partial charge in [0, 0.05) is 47.4 Å². The highest BCUT2D eigenvalue weighted by Crippen LogP contribution is 2.47. The quantitative estimate of drug-likeness (QED) is 0.120. The molecule has 0 N–H and O–H groups in total. The Morgan fingerprint density at radius 3 is 1.47 bits per heavy atom. The van der Waals surface area contributed by atoms with Gasteiger partial charge in [-0.15, -0.1) is 10.2 Å². The minimum absolute atomic E-state index is 0.180. The number of ether oxygens (including phenoxy) is 4. The van der Waals surface area contributed by atoms with Gasteiger partial charge in [0.15, 0.2) is 0 Å². The maximum Gasteiger partial charge on any atom is 0.242 e. The Morgan fingerprint density at radius 2 is 1.07 bits per heavy atom. The summed E-state index contributed by atoms with van der Waals surface area (Å²) in [6.45, 7) is 9.00. The van der Waals surface area contributed by atoms with Crippen LogP contribution in [-0.4, -0.2) is 82.4 Å². The van der Waals surface area contributed by atoms with Gasteiger partial charge in [-0.1, -0.05) is 38.8 Å². The van der Waals surface area contributed by atoms with Crippen LogP contribution in [-0.2, 0) is 0 Å². The highest BCUT2D eigenvalue weighted by atomic mass is 16.5. The molecule has 10 nitrogen and oxygen atoms in total. The van der Waals surface area contributed by atoms with Gasteiger partial charge in [-0.25, -0.2) is 0 Å². The molecule has 0 radical (unpaired) electrons. The van der Waals surface area contributed by atoms with Gasteiger partial charge in [0.1, 0.15) is 23.7 Å². The molecule has 0 aliphatic carbocycles. The van der Waals surface area contributed by atoms with Crippen LogP contribution in [0.25, 0.3) is 32.6 Å². The first-order chi connectivity index (χ1) is 28.5. The van der Waals surface area contributed by atoms with Crippen LogP contribution in [0.15, 0.2) is 85.2 Å². The van der Waals surface area contributed by atoms with Crippen LogP contribution in [0.3, 0.4) is 0 Å². The van der Waals surface area contributed by atoms with Crippen LogP contribution < -0.4 is 18.9 Å². The zero-order valence-corrected chi connectivity index (χ0v) is 34.1. The average Bonchev–Trinajstić information content (AvgIpc) is 3.29. The molecule has 6 aliphatic rings. The number of piperidine rings is 6. The van der Waals surface area contributed by atoms with Crippen molar-refractivity contribution in [1.82, 2.24) is 30.0 Å². The van der Waals surface area contributed by atoms with Gasteiger partial charge < -0.3 is 18.9 Å². The van der Waals surface area contributed by atoms with Crippen molar-refractivity contribution in [1.29, 1.82) is 0 Å². The van der Waals surface area contributed by atoms with Gasteiger partial charge in [-0.2, -0.15) is 0 Å². The molecule has 4 bridgehead atoms. The normalized spacial score (nSPS) is 27.4. The number of hydrogen-bond donors (Lipinski definition) is 0. The fraction of sp³-hybridized carbons (Fsp3) is 0.458. The van der Waals surface area contributed by atoms with Gasteiger partial charge in [0.25, 0.3) is 0 Å². The zero-order valence-electron chi connectivity index (χ0n) is 34.1. The van der Waals surface area contributed by atoms with Crippen LogP contribution in [0.2, 0.25) is 0 Å². The van der Waals surface area contributed by atoms with Crippen molar-refractivity contribution >= 4 is 32.6 Å².